The van der Waals surface area contributed by atoms with Crippen LogP contribution in [0.3, 0.4) is 0 Å². The van der Waals surface area contributed by atoms with Gasteiger partial charge in [-0.05, 0) is 91.3 Å². The summed E-state index contributed by atoms with van der Waals surface area (Å²) in [5.74, 6) is -10.9. The van der Waals surface area contributed by atoms with Gasteiger partial charge < -0.3 is 28.6 Å². The zero-order chi connectivity index (χ0) is 43.5. The van der Waals surface area contributed by atoms with Crippen LogP contribution in [-0.2, 0) is 47.7 Å². The molecule has 0 N–H and O–H groups in total. The molecule has 0 unspecified atom stereocenters. The molecule has 0 heterocycles. The first-order valence-corrected chi connectivity index (χ1v) is 21.7. The van der Waals surface area contributed by atoms with Gasteiger partial charge in [0.1, 0.15) is 6.10 Å². The van der Waals surface area contributed by atoms with E-state index in [-0.39, 0.29) is 56.5 Å². The molecule has 0 aliphatic carbocycles. The Labute approximate surface area is 345 Å². The van der Waals surface area contributed by atoms with E-state index in [9.17, 15) is 41.5 Å². The van der Waals surface area contributed by atoms with Crippen LogP contribution in [0.1, 0.15) is 180 Å². The third kappa shape index (κ3) is 32.0. The van der Waals surface area contributed by atoms with Crippen LogP contribution in [0.2, 0.25) is 0 Å². The van der Waals surface area contributed by atoms with E-state index in [1.54, 1.807) is 0 Å². The number of carbonyl (C=O) groups excluding carboxylic acids is 5. The fourth-order valence-electron chi connectivity index (χ4n) is 6.30. The predicted molar refractivity (Wildman–Crippen MR) is 214 cm³/mol. The van der Waals surface area contributed by atoms with E-state index in [1.807, 2.05) is 19.0 Å². The van der Waals surface area contributed by atoms with Crippen LogP contribution in [0.5, 0.6) is 0 Å². The first-order chi connectivity index (χ1) is 27.6. The lowest BCUT2D eigenvalue weighted by Crippen LogP contribution is -2.31. The number of unbranched alkanes of at least 4 members (excludes halogenated alkanes) is 16. The van der Waals surface area contributed by atoms with Gasteiger partial charge >= 0.3 is 41.7 Å². The molecule has 15 heteroatoms. The fraction of sp³-hybridized carbons (Fsp3) is 0.884. The van der Waals surface area contributed by atoms with Crippen molar-refractivity contribution in [3.05, 3.63) is 0 Å². The van der Waals surface area contributed by atoms with E-state index in [4.69, 9.17) is 14.2 Å². The van der Waals surface area contributed by atoms with Gasteiger partial charge in [-0.2, -0.15) is 17.6 Å². The van der Waals surface area contributed by atoms with Crippen molar-refractivity contribution in [1.82, 2.24) is 4.90 Å². The van der Waals surface area contributed by atoms with Crippen LogP contribution in [0, 0.1) is 0 Å². The van der Waals surface area contributed by atoms with Crippen LogP contribution < -0.4 is 0 Å². The van der Waals surface area contributed by atoms with E-state index >= 15 is 0 Å². The normalized spacial score (nSPS) is 11.8. The second kappa shape index (κ2) is 34.8. The highest BCUT2D eigenvalue weighted by Gasteiger charge is 2.40. The van der Waals surface area contributed by atoms with Gasteiger partial charge in [0.25, 0.3) is 0 Å². The highest BCUT2D eigenvalue weighted by atomic mass is 19.3. The molecule has 58 heavy (non-hydrogen) atoms. The zero-order valence-corrected chi connectivity index (χ0v) is 36.0. The number of carbonyl (C=O) groups is 5. The second-order valence-electron chi connectivity index (χ2n) is 15.5. The Bertz CT molecular complexity index is 1040. The van der Waals surface area contributed by atoms with Gasteiger partial charge in [-0.15, -0.1) is 0 Å². The van der Waals surface area contributed by atoms with Gasteiger partial charge in [-0.25, -0.2) is 9.59 Å². The van der Waals surface area contributed by atoms with Crippen LogP contribution >= 0.6 is 0 Å². The van der Waals surface area contributed by atoms with Crippen molar-refractivity contribution >= 4 is 29.8 Å². The summed E-state index contributed by atoms with van der Waals surface area (Å²) in [6.45, 7) is 0.619. The standard InChI is InChI=1S/C43H75F4NO10/c1-48(2)33-25-30-39(51)58-36(26-17-11-13-21-31-42(44,45)40(52)56-34-23-15-7-5-9-19-28-37(49)54-3)27-18-12-14-22-32-43(46,47)41(53)57-35-24-16-8-6-10-20-29-38(50)55-4/h36H,5-35H2,1-4H3. The summed E-state index contributed by atoms with van der Waals surface area (Å²) in [5, 5.41) is 0. The molecule has 0 atom stereocenters. The van der Waals surface area contributed by atoms with E-state index in [2.05, 4.69) is 9.47 Å². The number of nitrogens with zero attached hydrogens (tertiary/aromatic N) is 1. The van der Waals surface area contributed by atoms with Crippen molar-refractivity contribution in [2.45, 2.75) is 198 Å². The molecule has 0 spiro atoms. The molecule has 0 bridgehead atoms. The molecule has 0 aromatic carbocycles. The number of hydrogen-bond donors (Lipinski definition) is 0. The Kier molecular flexibility index (Phi) is 33.1. The topological polar surface area (TPSA) is 135 Å². The van der Waals surface area contributed by atoms with Crippen molar-refractivity contribution < 1.29 is 65.2 Å². The van der Waals surface area contributed by atoms with Gasteiger partial charge in [0.05, 0.1) is 27.4 Å². The minimum Gasteiger partial charge on any atom is -0.469 e. The number of halogens is 4. The van der Waals surface area contributed by atoms with Crippen molar-refractivity contribution in [2.24, 2.45) is 0 Å². The Morgan fingerprint density at radius 1 is 0.466 bits per heavy atom. The smallest absolute Gasteiger partial charge is 0.376 e. The van der Waals surface area contributed by atoms with Crippen LogP contribution in [-0.4, -0.2) is 101 Å². The number of ether oxygens (including phenoxy) is 5. The molecule has 340 valence electrons. The summed E-state index contributed by atoms with van der Waals surface area (Å²) in [6.07, 6.45) is 14.1. The van der Waals surface area contributed by atoms with Gasteiger partial charge in [0.15, 0.2) is 0 Å². The third-order valence-electron chi connectivity index (χ3n) is 9.89. The quantitative estimate of drug-likeness (QED) is 0.0253. The summed E-state index contributed by atoms with van der Waals surface area (Å²) in [7, 11) is 6.53. The Morgan fingerprint density at radius 2 is 0.810 bits per heavy atom. The highest BCUT2D eigenvalue weighted by Crippen LogP contribution is 2.26. The van der Waals surface area contributed by atoms with E-state index in [0.29, 0.717) is 83.5 Å². The van der Waals surface area contributed by atoms with Gasteiger partial charge in [-0.1, -0.05) is 77.0 Å². The summed E-state index contributed by atoms with van der Waals surface area (Å²) in [5.41, 5.74) is 0. The van der Waals surface area contributed by atoms with Gasteiger partial charge in [0.2, 0.25) is 0 Å². The Hall–Kier alpha value is -2.97. The van der Waals surface area contributed by atoms with Gasteiger partial charge in [0, 0.05) is 32.1 Å². The lowest BCUT2D eigenvalue weighted by atomic mass is 10.0. The Morgan fingerprint density at radius 3 is 1.21 bits per heavy atom. The van der Waals surface area contributed by atoms with E-state index in [0.717, 1.165) is 70.8 Å². The van der Waals surface area contributed by atoms with Crippen LogP contribution in [0.15, 0.2) is 0 Å². The zero-order valence-electron chi connectivity index (χ0n) is 36.0. The minimum absolute atomic E-state index is 0.0577. The monoisotopic (exact) mass is 842 g/mol. The average Bonchev–Trinajstić information content (AvgIpc) is 3.18. The van der Waals surface area contributed by atoms with Crippen molar-refractivity contribution in [3.63, 3.8) is 0 Å². The van der Waals surface area contributed by atoms with Crippen molar-refractivity contribution in [3.8, 4) is 0 Å². The number of methoxy groups -OCH3 is 2. The number of rotatable bonds is 39. The number of hydrogen-bond acceptors (Lipinski definition) is 11. The second-order valence-corrected chi connectivity index (χ2v) is 15.5. The largest absolute Gasteiger partial charge is 0.469 e. The average molecular weight is 842 g/mol. The minimum atomic E-state index is -3.56. The molecule has 0 aliphatic heterocycles. The molecular weight excluding hydrogens is 766 g/mol. The third-order valence-corrected chi connectivity index (χ3v) is 9.89. The number of esters is 5. The molecule has 0 amide bonds. The van der Waals surface area contributed by atoms with Crippen molar-refractivity contribution in [1.29, 1.82) is 0 Å². The molecule has 0 rings (SSSR count). The van der Waals surface area contributed by atoms with E-state index < -0.39 is 36.6 Å². The summed E-state index contributed by atoms with van der Waals surface area (Å²) < 4.78 is 82.1. The fourth-order valence-corrected chi connectivity index (χ4v) is 6.30. The van der Waals surface area contributed by atoms with E-state index in [1.165, 1.54) is 14.2 Å². The number of alkyl halides is 4. The maximum absolute atomic E-state index is 14.4. The molecule has 11 nitrogen and oxygen atoms in total. The van der Waals surface area contributed by atoms with Crippen LogP contribution in [0.4, 0.5) is 17.6 Å². The van der Waals surface area contributed by atoms with Crippen molar-refractivity contribution in [2.75, 3.05) is 48.1 Å². The van der Waals surface area contributed by atoms with Crippen LogP contribution in [0.25, 0.3) is 0 Å². The lowest BCUT2D eigenvalue weighted by molar-refractivity contribution is -0.173. The maximum atomic E-state index is 14.4. The molecule has 0 aromatic heterocycles. The molecule has 0 aromatic rings. The van der Waals surface area contributed by atoms with Gasteiger partial charge in [-0.3, -0.25) is 14.4 Å². The molecule has 0 aliphatic rings. The molecule has 0 saturated heterocycles. The molecular formula is C43H75F4NO10. The predicted octanol–water partition coefficient (Wildman–Crippen LogP) is 10.1. The first kappa shape index (κ1) is 55.0. The molecule has 0 radical (unpaired) electrons. The Balaban J connectivity index is 4.39. The lowest BCUT2D eigenvalue weighted by Gasteiger charge is -2.19. The SMILES string of the molecule is COC(=O)CCCCCCCCOC(=O)C(F)(F)CCCCCCC(CCCCCCC(F)(F)C(=O)OCCCCCCCCC(=O)OC)OC(=O)CCCN(C)C. The highest BCUT2D eigenvalue weighted by molar-refractivity contribution is 5.77. The first-order valence-electron chi connectivity index (χ1n) is 21.7. The summed E-state index contributed by atoms with van der Waals surface area (Å²) >= 11 is 0. The molecule has 0 fully saturated rings. The maximum Gasteiger partial charge on any atom is 0.376 e. The summed E-state index contributed by atoms with van der Waals surface area (Å²) in [4.78, 5) is 60.7. The summed E-state index contributed by atoms with van der Waals surface area (Å²) in [6, 6.07) is 0. The molecule has 0 saturated carbocycles.